The van der Waals surface area contributed by atoms with E-state index in [1.807, 2.05) is 6.20 Å². The van der Waals surface area contributed by atoms with Crippen LogP contribution in [0.1, 0.15) is 37.3 Å². The van der Waals surface area contributed by atoms with E-state index in [4.69, 9.17) is 4.99 Å². The van der Waals surface area contributed by atoms with E-state index in [2.05, 4.69) is 75.7 Å². The largest absolute Gasteiger partial charge is 0.369 e. The second kappa shape index (κ2) is 9.83. The van der Waals surface area contributed by atoms with E-state index in [0.29, 0.717) is 12.6 Å². The van der Waals surface area contributed by atoms with Crippen LogP contribution >= 0.6 is 0 Å². The maximum absolute atomic E-state index is 4.85. The first-order valence-corrected chi connectivity index (χ1v) is 11.3. The molecule has 1 unspecified atom stereocenters. The molecule has 4 rings (SSSR count). The predicted octanol–water partition coefficient (Wildman–Crippen LogP) is 3.32. The Morgan fingerprint density at radius 1 is 1.10 bits per heavy atom. The third kappa shape index (κ3) is 5.23. The van der Waals surface area contributed by atoms with Gasteiger partial charge in [0.1, 0.15) is 5.82 Å². The number of pyridine rings is 1. The van der Waals surface area contributed by atoms with Crippen molar-refractivity contribution in [2.75, 3.05) is 42.5 Å². The molecule has 2 aliphatic rings. The van der Waals surface area contributed by atoms with Crippen molar-refractivity contribution in [3.8, 4) is 0 Å². The summed E-state index contributed by atoms with van der Waals surface area (Å²) in [6.45, 7) is 10.1. The van der Waals surface area contributed by atoms with Crippen LogP contribution < -0.4 is 20.4 Å². The highest BCUT2D eigenvalue weighted by atomic mass is 15.2. The normalized spacial score (nSPS) is 19.4. The topological polar surface area (TPSA) is 55.8 Å². The summed E-state index contributed by atoms with van der Waals surface area (Å²) in [6, 6.07) is 13.5. The molecule has 2 fully saturated rings. The molecule has 1 atom stereocenters. The fourth-order valence-corrected chi connectivity index (χ4v) is 4.23. The number of nitrogens with zero attached hydrogens (tertiary/aromatic N) is 4. The zero-order valence-corrected chi connectivity index (χ0v) is 18.3. The second-order valence-electron chi connectivity index (χ2n) is 8.32. The van der Waals surface area contributed by atoms with E-state index in [9.17, 15) is 0 Å². The Morgan fingerprint density at radius 3 is 2.67 bits per heavy atom. The number of nitrogens with one attached hydrogen (secondary N) is 2. The van der Waals surface area contributed by atoms with Gasteiger partial charge in [-0.05, 0) is 62.9 Å². The number of hydrogen-bond donors (Lipinski definition) is 2. The number of hydrogen-bond acceptors (Lipinski definition) is 4. The molecule has 1 aromatic heterocycles. The fourth-order valence-electron chi connectivity index (χ4n) is 4.23. The molecule has 2 aromatic rings. The van der Waals surface area contributed by atoms with E-state index in [-0.39, 0.29) is 0 Å². The molecule has 0 saturated carbocycles. The van der Waals surface area contributed by atoms with Gasteiger partial charge in [0.25, 0.3) is 0 Å². The maximum atomic E-state index is 4.85. The van der Waals surface area contributed by atoms with E-state index in [1.54, 1.807) is 0 Å². The molecule has 3 heterocycles. The van der Waals surface area contributed by atoms with Crippen LogP contribution in [0.25, 0.3) is 0 Å². The Morgan fingerprint density at radius 2 is 1.90 bits per heavy atom. The lowest BCUT2D eigenvalue weighted by atomic mass is 10.2. The SMILES string of the molecule is CCNC(=NCc1ccnc(N2CCCC2)c1)NC1CCN(c2ccc(C)cc2)C1. The van der Waals surface area contributed by atoms with Gasteiger partial charge >= 0.3 is 0 Å². The number of aliphatic imine (C=N–C) groups is 1. The van der Waals surface area contributed by atoms with Crippen LogP contribution in [0.5, 0.6) is 0 Å². The summed E-state index contributed by atoms with van der Waals surface area (Å²) in [5.41, 5.74) is 3.81. The van der Waals surface area contributed by atoms with Gasteiger partial charge in [0.2, 0.25) is 0 Å². The zero-order valence-electron chi connectivity index (χ0n) is 18.3. The molecule has 0 bridgehead atoms. The van der Waals surface area contributed by atoms with Crippen molar-refractivity contribution in [1.82, 2.24) is 15.6 Å². The number of rotatable bonds is 6. The summed E-state index contributed by atoms with van der Waals surface area (Å²) in [5.74, 6) is 1.98. The first-order valence-electron chi connectivity index (χ1n) is 11.3. The minimum Gasteiger partial charge on any atom is -0.369 e. The Balaban J connectivity index is 1.36. The van der Waals surface area contributed by atoms with Gasteiger partial charge in [-0.25, -0.2) is 9.98 Å². The van der Waals surface area contributed by atoms with Crippen molar-refractivity contribution in [2.45, 2.75) is 45.7 Å². The summed E-state index contributed by atoms with van der Waals surface area (Å²) in [7, 11) is 0. The third-order valence-electron chi connectivity index (χ3n) is 5.93. The highest BCUT2D eigenvalue weighted by Crippen LogP contribution is 2.21. The van der Waals surface area contributed by atoms with Gasteiger partial charge in [-0.3, -0.25) is 0 Å². The van der Waals surface area contributed by atoms with E-state index in [1.165, 1.54) is 29.7 Å². The van der Waals surface area contributed by atoms with Gasteiger partial charge in [-0.1, -0.05) is 17.7 Å². The number of benzene rings is 1. The highest BCUT2D eigenvalue weighted by Gasteiger charge is 2.23. The predicted molar refractivity (Wildman–Crippen MR) is 125 cm³/mol. The smallest absolute Gasteiger partial charge is 0.191 e. The standard InChI is InChI=1S/C24H34N6/c1-3-25-24(27-17-20-10-12-26-23(16-20)29-13-4-5-14-29)28-21-11-15-30(18-21)22-8-6-19(2)7-9-22/h6-10,12,16,21H,3-5,11,13-15,17-18H2,1-2H3,(H2,25,27,28). The monoisotopic (exact) mass is 406 g/mol. The van der Waals surface area contributed by atoms with Gasteiger partial charge in [-0.2, -0.15) is 0 Å². The van der Waals surface area contributed by atoms with Gasteiger partial charge in [-0.15, -0.1) is 0 Å². The highest BCUT2D eigenvalue weighted by molar-refractivity contribution is 5.80. The lowest BCUT2D eigenvalue weighted by Crippen LogP contribution is -2.44. The van der Waals surface area contributed by atoms with Crippen LogP contribution in [0.4, 0.5) is 11.5 Å². The van der Waals surface area contributed by atoms with Gasteiger partial charge in [0.05, 0.1) is 6.54 Å². The fraction of sp³-hybridized carbons (Fsp3) is 0.500. The van der Waals surface area contributed by atoms with Crippen LogP contribution in [0, 0.1) is 6.92 Å². The average molecular weight is 407 g/mol. The Labute approximate surface area is 180 Å². The average Bonchev–Trinajstić information content (AvgIpc) is 3.46. The van der Waals surface area contributed by atoms with Gasteiger partial charge < -0.3 is 20.4 Å². The lowest BCUT2D eigenvalue weighted by Gasteiger charge is -2.20. The van der Waals surface area contributed by atoms with Crippen molar-refractivity contribution in [2.24, 2.45) is 4.99 Å². The molecule has 0 amide bonds. The maximum Gasteiger partial charge on any atom is 0.191 e. The first kappa shape index (κ1) is 20.5. The molecular formula is C24H34N6. The molecule has 6 heteroatoms. The summed E-state index contributed by atoms with van der Waals surface area (Å²) in [5, 5.41) is 7.05. The lowest BCUT2D eigenvalue weighted by molar-refractivity contribution is 0.649. The number of anilines is 2. The van der Waals surface area contributed by atoms with Crippen molar-refractivity contribution >= 4 is 17.5 Å². The quantitative estimate of drug-likeness (QED) is 0.569. The minimum atomic E-state index is 0.404. The van der Waals surface area contributed by atoms with Crippen molar-refractivity contribution < 1.29 is 0 Å². The zero-order chi connectivity index (χ0) is 20.8. The van der Waals surface area contributed by atoms with Crippen LogP contribution in [0.3, 0.4) is 0 Å². The number of aryl methyl sites for hydroxylation is 1. The van der Waals surface area contributed by atoms with Gasteiger partial charge in [0.15, 0.2) is 5.96 Å². The molecule has 0 spiro atoms. The third-order valence-corrected chi connectivity index (χ3v) is 5.93. The van der Waals surface area contributed by atoms with E-state index < -0.39 is 0 Å². The van der Waals surface area contributed by atoms with Crippen LogP contribution in [0.15, 0.2) is 47.6 Å². The molecule has 0 aliphatic carbocycles. The van der Waals surface area contributed by atoms with Crippen LogP contribution in [-0.2, 0) is 6.54 Å². The molecule has 1 aromatic carbocycles. The van der Waals surface area contributed by atoms with Crippen LogP contribution in [-0.4, -0.2) is 49.7 Å². The Hall–Kier alpha value is -2.76. The molecule has 2 saturated heterocycles. The Bertz CT molecular complexity index is 841. The molecule has 2 N–H and O–H groups in total. The molecular weight excluding hydrogens is 372 g/mol. The molecule has 30 heavy (non-hydrogen) atoms. The molecule has 160 valence electrons. The van der Waals surface area contributed by atoms with Crippen molar-refractivity contribution in [1.29, 1.82) is 0 Å². The molecule has 2 aliphatic heterocycles. The van der Waals surface area contributed by atoms with Crippen molar-refractivity contribution in [3.05, 3.63) is 53.7 Å². The van der Waals surface area contributed by atoms with E-state index >= 15 is 0 Å². The second-order valence-corrected chi connectivity index (χ2v) is 8.32. The van der Waals surface area contributed by atoms with Crippen LogP contribution in [0.2, 0.25) is 0 Å². The summed E-state index contributed by atoms with van der Waals surface area (Å²) in [4.78, 5) is 14.2. The summed E-state index contributed by atoms with van der Waals surface area (Å²) >= 11 is 0. The number of guanidine groups is 1. The molecule has 0 radical (unpaired) electrons. The number of aromatic nitrogens is 1. The first-order chi connectivity index (χ1) is 14.7. The summed E-state index contributed by atoms with van der Waals surface area (Å²) < 4.78 is 0. The molecule has 6 nitrogen and oxygen atoms in total. The van der Waals surface area contributed by atoms with E-state index in [0.717, 1.165) is 50.9 Å². The van der Waals surface area contributed by atoms with Crippen molar-refractivity contribution in [3.63, 3.8) is 0 Å². The summed E-state index contributed by atoms with van der Waals surface area (Å²) in [6.07, 6.45) is 5.56. The minimum absolute atomic E-state index is 0.404. The Kier molecular flexibility index (Phi) is 6.72. The van der Waals surface area contributed by atoms with Gasteiger partial charge in [0, 0.05) is 50.6 Å².